The number of hydrogen-bond acceptors (Lipinski definition) is 4. The van der Waals surface area contributed by atoms with Crippen LogP contribution in [-0.4, -0.2) is 42.7 Å². The first kappa shape index (κ1) is 12.0. The smallest absolute Gasteiger partial charge is 0.0945 e. The fourth-order valence-corrected chi connectivity index (χ4v) is 1.13. The van der Waals surface area contributed by atoms with Gasteiger partial charge in [-0.05, 0) is 12.1 Å². The maximum absolute atomic E-state index is 9.47. The molecule has 84 valence electrons. The molecule has 1 aromatic rings. The zero-order valence-corrected chi connectivity index (χ0v) is 8.60. The minimum Gasteiger partial charge on any atom is -0.394 e. The van der Waals surface area contributed by atoms with Crippen LogP contribution in [0.25, 0.3) is 0 Å². The van der Waals surface area contributed by atoms with Crippen LogP contribution in [0.4, 0.5) is 5.69 Å². The van der Waals surface area contributed by atoms with Crippen molar-refractivity contribution in [3.63, 3.8) is 0 Å². The molecule has 0 saturated heterocycles. The van der Waals surface area contributed by atoms with Gasteiger partial charge in [0.15, 0.2) is 0 Å². The largest absolute Gasteiger partial charge is 0.394 e. The molecule has 0 aliphatic carbocycles. The lowest BCUT2D eigenvalue weighted by Crippen LogP contribution is -2.25. The Morgan fingerprint density at radius 2 is 2.00 bits per heavy atom. The summed E-state index contributed by atoms with van der Waals surface area (Å²) in [6.07, 6.45) is -0.559. The van der Waals surface area contributed by atoms with E-state index in [1.807, 2.05) is 30.3 Å². The van der Waals surface area contributed by atoms with Crippen molar-refractivity contribution >= 4 is 5.69 Å². The third-order valence-electron chi connectivity index (χ3n) is 1.86. The van der Waals surface area contributed by atoms with E-state index >= 15 is 0 Å². The fourth-order valence-electron chi connectivity index (χ4n) is 1.13. The van der Waals surface area contributed by atoms with Gasteiger partial charge in [-0.1, -0.05) is 18.2 Å². The molecule has 1 aromatic carbocycles. The molecule has 1 atom stereocenters. The first-order chi connectivity index (χ1) is 7.33. The second-order valence-corrected chi connectivity index (χ2v) is 3.20. The van der Waals surface area contributed by atoms with Gasteiger partial charge in [-0.2, -0.15) is 0 Å². The molecule has 0 aromatic heterocycles. The summed E-state index contributed by atoms with van der Waals surface area (Å²) >= 11 is 0. The van der Waals surface area contributed by atoms with Crippen molar-refractivity contribution in [2.24, 2.45) is 0 Å². The molecule has 3 N–H and O–H groups in total. The molecule has 4 nitrogen and oxygen atoms in total. The Kier molecular flexibility index (Phi) is 5.77. The SMILES string of the molecule is OCCOCC(O)CNc1ccccc1. The molecule has 0 fully saturated rings. The van der Waals surface area contributed by atoms with E-state index < -0.39 is 6.10 Å². The van der Waals surface area contributed by atoms with Crippen LogP contribution in [0, 0.1) is 0 Å². The van der Waals surface area contributed by atoms with Crippen LogP contribution in [0.1, 0.15) is 0 Å². The number of aliphatic hydroxyl groups excluding tert-OH is 2. The monoisotopic (exact) mass is 211 g/mol. The van der Waals surface area contributed by atoms with Gasteiger partial charge in [-0.25, -0.2) is 0 Å². The third kappa shape index (κ3) is 5.37. The Hall–Kier alpha value is -1.10. The molecule has 1 rings (SSSR count). The average Bonchev–Trinajstić information content (AvgIpc) is 2.28. The molecule has 0 spiro atoms. The van der Waals surface area contributed by atoms with Crippen LogP contribution in [-0.2, 0) is 4.74 Å². The molecule has 0 amide bonds. The normalized spacial score (nSPS) is 12.4. The molecule has 15 heavy (non-hydrogen) atoms. The lowest BCUT2D eigenvalue weighted by atomic mass is 10.3. The van der Waals surface area contributed by atoms with E-state index in [-0.39, 0.29) is 19.8 Å². The van der Waals surface area contributed by atoms with E-state index in [4.69, 9.17) is 9.84 Å². The predicted molar refractivity (Wildman–Crippen MR) is 58.8 cm³/mol. The highest BCUT2D eigenvalue weighted by Gasteiger charge is 2.03. The van der Waals surface area contributed by atoms with Crippen LogP contribution in [0.5, 0.6) is 0 Å². The van der Waals surface area contributed by atoms with Gasteiger partial charge in [0.25, 0.3) is 0 Å². The fraction of sp³-hybridized carbons (Fsp3) is 0.455. The Balaban J connectivity index is 2.14. The van der Waals surface area contributed by atoms with Gasteiger partial charge in [0.05, 0.1) is 25.9 Å². The summed E-state index contributed by atoms with van der Waals surface area (Å²) in [5.41, 5.74) is 0.971. The predicted octanol–water partition coefficient (Wildman–Crippen LogP) is 0.468. The summed E-state index contributed by atoms with van der Waals surface area (Å²) in [6.45, 7) is 0.928. The molecule has 1 unspecified atom stereocenters. The first-order valence-corrected chi connectivity index (χ1v) is 4.98. The summed E-state index contributed by atoms with van der Waals surface area (Å²) in [6, 6.07) is 9.66. The van der Waals surface area contributed by atoms with E-state index in [0.717, 1.165) is 5.69 Å². The maximum atomic E-state index is 9.47. The van der Waals surface area contributed by atoms with Crippen molar-refractivity contribution < 1.29 is 14.9 Å². The Morgan fingerprint density at radius 3 is 2.67 bits per heavy atom. The van der Waals surface area contributed by atoms with Crippen LogP contribution >= 0.6 is 0 Å². The number of nitrogens with one attached hydrogen (secondary N) is 1. The van der Waals surface area contributed by atoms with Gasteiger partial charge in [0.2, 0.25) is 0 Å². The molecular formula is C11H17NO3. The van der Waals surface area contributed by atoms with E-state index in [1.165, 1.54) is 0 Å². The molecule has 0 aliphatic heterocycles. The minimum atomic E-state index is -0.559. The molecule has 0 bridgehead atoms. The quantitative estimate of drug-likeness (QED) is 0.574. The number of hydrogen-bond donors (Lipinski definition) is 3. The van der Waals surface area contributed by atoms with Crippen LogP contribution in [0.15, 0.2) is 30.3 Å². The summed E-state index contributed by atoms with van der Waals surface area (Å²) in [5, 5.41) is 21.0. The van der Waals surface area contributed by atoms with Gasteiger partial charge in [-0.15, -0.1) is 0 Å². The number of anilines is 1. The van der Waals surface area contributed by atoms with Crippen molar-refractivity contribution in [3.8, 4) is 0 Å². The summed E-state index contributed by atoms with van der Waals surface area (Å²) in [7, 11) is 0. The van der Waals surface area contributed by atoms with Crippen molar-refractivity contribution in [3.05, 3.63) is 30.3 Å². The molecule has 0 saturated carbocycles. The molecule has 0 heterocycles. The Labute approximate surface area is 89.5 Å². The standard InChI is InChI=1S/C11H17NO3/c13-6-7-15-9-11(14)8-12-10-4-2-1-3-5-10/h1-5,11-14H,6-9H2. The minimum absolute atomic E-state index is 0.0150. The maximum Gasteiger partial charge on any atom is 0.0945 e. The second kappa shape index (κ2) is 7.23. The lowest BCUT2D eigenvalue weighted by Gasteiger charge is -2.12. The summed E-state index contributed by atoms with van der Waals surface area (Å²) in [5.74, 6) is 0. The lowest BCUT2D eigenvalue weighted by molar-refractivity contribution is 0.0269. The van der Waals surface area contributed by atoms with Crippen LogP contribution < -0.4 is 5.32 Å². The highest BCUT2D eigenvalue weighted by molar-refractivity contribution is 5.42. The highest BCUT2D eigenvalue weighted by Crippen LogP contribution is 2.04. The summed E-state index contributed by atoms with van der Waals surface area (Å²) < 4.78 is 4.99. The van der Waals surface area contributed by atoms with Crippen molar-refractivity contribution in [1.82, 2.24) is 0 Å². The van der Waals surface area contributed by atoms with Gasteiger partial charge in [-0.3, -0.25) is 0 Å². The molecular weight excluding hydrogens is 194 g/mol. The van der Waals surface area contributed by atoms with E-state index in [1.54, 1.807) is 0 Å². The van der Waals surface area contributed by atoms with Gasteiger partial charge >= 0.3 is 0 Å². The van der Waals surface area contributed by atoms with Gasteiger partial charge in [0.1, 0.15) is 0 Å². The molecule has 0 radical (unpaired) electrons. The summed E-state index contributed by atoms with van der Waals surface area (Å²) in [4.78, 5) is 0. The average molecular weight is 211 g/mol. The van der Waals surface area contributed by atoms with Crippen LogP contribution in [0.2, 0.25) is 0 Å². The zero-order chi connectivity index (χ0) is 10.9. The number of ether oxygens (including phenoxy) is 1. The topological polar surface area (TPSA) is 61.7 Å². The van der Waals surface area contributed by atoms with E-state index in [0.29, 0.717) is 6.54 Å². The Bertz CT molecular complexity index is 253. The number of benzene rings is 1. The number of para-hydroxylation sites is 1. The van der Waals surface area contributed by atoms with E-state index in [2.05, 4.69) is 5.32 Å². The number of rotatable bonds is 7. The van der Waals surface area contributed by atoms with Crippen molar-refractivity contribution in [2.75, 3.05) is 31.7 Å². The molecule has 4 heteroatoms. The van der Waals surface area contributed by atoms with Gasteiger partial charge < -0.3 is 20.3 Å². The number of aliphatic hydroxyl groups is 2. The van der Waals surface area contributed by atoms with E-state index in [9.17, 15) is 5.11 Å². The highest BCUT2D eigenvalue weighted by atomic mass is 16.5. The first-order valence-electron chi connectivity index (χ1n) is 4.98. The molecule has 0 aliphatic rings. The zero-order valence-electron chi connectivity index (χ0n) is 8.60. The van der Waals surface area contributed by atoms with Crippen LogP contribution in [0.3, 0.4) is 0 Å². The van der Waals surface area contributed by atoms with Crippen molar-refractivity contribution in [2.45, 2.75) is 6.10 Å². The Morgan fingerprint density at radius 1 is 1.27 bits per heavy atom. The second-order valence-electron chi connectivity index (χ2n) is 3.20. The van der Waals surface area contributed by atoms with Gasteiger partial charge in [0, 0.05) is 12.2 Å². The van der Waals surface area contributed by atoms with Crippen molar-refractivity contribution in [1.29, 1.82) is 0 Å². The third-order valence-corrected chi connectivity index (χ3v) is 1.86.